The van der Waals surface area contributed by atoms with Crippen LogP contribution in [-0.2, 0) is 0 Å². The number of halogens is 3. The number of rotatable bonds is 5. The van der Waals surface area contributed by atoms with Gasteiger partial charge >= 0.3 is 12.1 Å². The quantitative estimate of drug-likeness (QED) is 0.642. The van der Waals surface area contributed by atoms with Crippen molar-refractivity contribution < 1.29 is 28.0 Å². The van der Waals surface area contributed by atoms with E-state index in [1.165, 1.54) is 13.0 Å². The summed E-state index contributed by atoms with van der Waals surface area (Å²) in [6.07, 6.45) is -5.47. The van der Waals surface area contributed by atoms with Crippen molar-refractivity contribution >= 4 is 17.3 Å². The highest BCUT2D eigenvalue weighted by atomic mass is 19.4. The molecule has 0 saturated heterocycles. The van der Waals surface area contributed by atoms with E-state index in [4.69, 9.17) is 5.11 Å². The van der Waals surface area contributed by atoms with Gasteiger partial charge in [-0.25, -0.2) is 4.79 Å². The van der Waals surface area contributed by atoms with Crippen LogP contribution in [0.5, 0.6) is 0 Å². The van der Waals surface area contributed by atoms with Crippen molar-refractivity contribution in [2.45, 2.75) is 25.6 Å². The van der Waals surface area contributed by atoms with Gasteiger partial charge in [0.1, 0.15) is 5.56 Å². The third kappa shape index (κ3) is 4.41. The van der Waals surface area contributed by atoms with Crippen molar-refractivity contribution in [2.75, 3.05) is 5.32 Å². The van der Waals surface area contributed by atoms with Gasteiger partial charge in [-0.2, -0.15) is 13.2 Å². The first-order valence-electron chi connectivity index (χ1n) is 5.45. The topological polar surface area (TPSA) is 92.5 Å². The molecular formula is C11H11F3N2O4. The van der Waals surface area contributed by atoms with Gasteiger partial charge in [0.2, 0.25) is 0 Å². The Kier molecular flexibility index (Phi) is 4.53. The third-order valence-corrected chi connectivity index (χ3v) is 2.38. The van der Waals surface area contributed by atoms with Gasteiger partial charge in [-0.15, -0.1) is 0 Å². The van der Waals surface area contributed by atoms with Crippen LogP contribution in [0.25, 0.3) is 0 Å². The number of nitrogens with one attached hydrogen (secondary N) is 1. The SMILES string of the molecule is CC(CC(F)(F)F)Nc1ccc(C(=O)O)c([N+](=O)[O-])c1. The van der Waals surface area contributed by atoms with E-state index in [1.54, 1.807) is 0 Å². The first-order chi connectivity index (χ1) is 9.10. The molecule has 1 atom stereocenters. The normalized spacial score (nSPS) is 12.8. The first-order valence-corrected chi connectivity index (χ1v) is 5.45. The minimum Gasteiger partial charge on any atom is -0.477 e. The summed E-state index contributed by atoms with van der Waals surface area (Å²) >= 11 is 0. The fourth-order valence-corrected chi connectivity index (χ4v) is 1.64. The number of nitro benzene ring substituents is 1. The molecule has 0 aliphatic heterocycles. The van der Waals surface area contributed by atoms with E-state index in [2.05, 4.69) is 5.32 Å². The zero-order valence-corrected chi connectivity index (χ0v) is 10.3. The molecule has 0 bridgehead atoms. The standard InChI is InChI=1S/C11H11F3N2O4/c1-6(5-11(12,13)14)15-7-2-3-8(10(17)18)9(4-7)16(19)20/h2-4,6,15H,5H2,1H3,(H,17,18). The first kappa shape index (κ1) is 15.7. The lowest BCUT2D eigenvalue weighted by molar-refractivity contribution is -0.385. The van der Waals surface area contributed by atoms with E-state index >= 15 is 0 Å². The van der Waals surface area contributed by atoms with Crippen molar-refractivity contribution in [1.82, 2.24) is 0 Å². The number of alkyl halides is 3. The van der Waals surface area contributed by atoms with Crippen molar-refractivity contribution in [3.05, 3.63) is 33.9 Å². The molecule has 0 radical (unpaired) electrons. The van der Waals surface area contributed by atoms with Crippen LogP contribution in [0.4, 0.5) is 24.5 Å². The number of carbonyl (C=O) groups is 1. The van der Waals surface area contributed by atoms with Gasteiger partial charge in [0.05, 0.1) is 11.3 Å². The van der Waals surface area contributed by atoms with Crippen molar-refractivity contribution in [1.29, 1.82) is 0 Å². The van der Waals surface area contributed by atoms with Crippen LogP contribution in [0.1, 0.15) is 23.7 Å². The Morgan fingerprint density at radius 1 is 1.50 bits per heavy atom. The monoisotopic (exact) mass is 292 g/mol. The Morgan fingerprint density at radius 2 is 2.10 bits per heavy atom. The molecule has 6 nitrogen and oxygen atoms in total. The molecule has 0 heterocycles. The van der Waals surface area contributed by atoms with E-state index < -0.39 is 40.8 Å². The zero-order chi connectivity index (χ0) is 15.5. The van der Waals surface area contributed by atoms with Gasteiger partial charge in [-0.1, -0.05) is 0 Å². The van der Waals surface area contributed by atoms with Gasteiger partial charge in [-0.3, -0.25) is 10.1 Å². The lowest BCUT2D eigenvalue weighted by atomic mass is 10.1. The largest absolute Gasteiger partial charge is 0.477 e. The molecule has 0 amide bonds. The van der Waals surface area contributed by atoms with Crippen LogP contribution in [-0.4, -0.2) is 28.2 Å². The summed E-state index contributed by atoms with van der Waals surface area (Å²) < 4.78 is 36.5. The van der Waals surface area contributed by atoms with Crippen molar-refractivity contribution in [2.24, 2.45) is 0 Å². The van der Waals surface area contributed by atoms with Crippen LogP contribution in [0, 0.1) is 10.1 Å². The zero-order valence-electron chi connectivity index (χ0n) is 10.3. The average molecular weight is 292 g/mol. The Labute approximate surface area is 111 Å². The second-order valence-electron chi connectivity index (χ2n) is 4.16. The molecule has 1 aromatic rings. The predicted molar refractivity (Wildman–Crippen MR) is 63.8 cm³/mol. The fraction of sp³-hybridized carbons (Fsp3) is 0.364. The van der Waals surface area contributed by atoms with E-state index in [1.807, 2.05) is 0 Å². The van der Waals surface area contributed by atoms with Crippen LogP contribution in [0.2, 0.25) is 0 Å². The average Bonchev–Trinajstić information content (AvgIpc) is 2.25. The number of benzene rings is 1. The third-order valence-electron chi connectivity index (χ3n) is 2.38. The molecule has 20 heavy (non-hydrogen) atoms. The molecule has 2 N–H and O–H groups in total. The smallest absolute Gasteiger partial charge is 0.391 e. The number of anilines is 1. The van der Waals surface area contributed by atoms with Gasteiger partial charge in [0.15, 0.2) is 0 Å². The molecule has 110 valence electrons. The van der Waals surface area contributed by atoms with Gasteiger partial charge in [0.25, 0.3) is 5.69 Å². The Morgan fingerprint density at radius 3 is 2.55 bits per heavy atom. The van der Waals surface area contributed by atoms with Crippen molar-refractivity contribution in [3.8, 4) is 0 Å². The lowest BCUT2D eigenvalue weighted by Crippen LogP contribution is -2.23. The minimum absolute atomic E-state index is 0.0541. The molecule has 0 aromatic heterocycles. The highest BCUT2D eigenvalue weighted by Crippen LogP contribution is 2.26. The number of nitro groups is 1. The number of nitrogens with zero attached hydrogens (tertiary/aromatic N) is 1. The van der Waals surface area contributed by atoms with E-state index in [0.29, 0.717) is 0 Å². The van der Waals surface area contributed by atoms with E-state index in [-0.39, 0.29) is 5.69 Å². The van der Waals surface area contributed by atoms with E-state index in [0.717, 1.165) is 12.1 Å². The van der Waals surface area contributed by atoms with Gasteiger partial charge in [-0.05, 0) is 19.1 Å². The molecule has 9 heteroatoms. The van der Waals surface area contributed by atoms with Crippen LogP contribution in [0.15, 0.2) is 18.2 Å². The summed E-state index contributed by atoms with van der Waals surface area (Å²) in [6, 6.07) is 2.06. The maximum absolute atomic E-state index is 12.2. The van der Waals surface area contributed by atoms with Gasteiger partial charge < -0.3 is 10.4 Å². The summed E-state index contributed by atoms with van der Waals surface area (Å²) in [4.78, 5) is 20.6. The second kappa shape index (κ2) is 5.76. The number of carboxylic acids is 1. The van der Waals surface area contributed by atoms with Crippen LogP contribution in [0.3, 0.4) is 0 Å². The Bertz CT molecular complexity index is 531. The Balaban J connectivity index is 2.96. The summed E-state index contributed by atoms with van der Waals surface area (Å²) in [7, 11) is 0. The molecule has 0 saturated carbocycles. The number of hydrogen-bond acceptors (Lipinski definition) is 4. The van der Waals surface area contributed by atoms with Crippen molar-refractivity contribution in [3.63, 3.8) is 0 Å². The maximum atomic E-state index is 12.2. The lowest BCUT2D eigenvalue weighted by Gasteiger charge is -2.17. The van der Waals surface area contributed by atoms with Gasteiger partial charge in [0, 0.05) is 17.8 Å². The molecular weight excluding hydrogens is 281 g/mol. The molecule has 1 unspecified atom stereocenters. The number of hydrogen-bond donors (Lipinski definition) is 2. The molecule has 1 aromatic carbocycles. The summed E-state index contributed by atoms with van der Waals surface area (Å²) in [5.41, 5.74) is -1.15. The molecule has 0 fully saturated rings. The summed E-state index contributed by atoms with van der Waals surface area (Å²) in [6.45, 7) is 1.27. The highest BCUT2D eigenvalue weighted by molar-refractivity contribution is 5.93. The summed E-state index contributed by atoms with van der Waals surface area (Å²) in [5.74, 6) is -1.48. The Hall–Kier alpha value is -2.32. The molecule has 0 spiro atoms. The minimum atomic E-state index is -4.36. The van der Waals surface area contributed by atoms with Crippen LogP contribution < -0.4 is 5.32 Å². The molecule has 1 rings (SSSR count). The number of carboxylic acid groups (broad SMARTS) is 1. The summed E-state index contributed by atoms with van der Waals surface area (Å²) in [5, 5.41) is 21.9. The highest BCUT2D eigenvalue weighted by Gasteiger charge is 2.30. The second-order valence-corrected chi connectivity index (χ2v) is 4.16. The van der Waals surface area contributed by atoms with E-state index in [9.17, 15) is 28.1 Å². The molecule has 0 aliphatic carbocycles. The maximum Gasteiger partial charge on any atom is 0.391 e. The van der Waals surface area contributed by atoms with Crippen LogP contribution >= 0.6 is 0 Å². The number of aromatic carboxylic acids is 1. The molecule has 0 aliphatic rings. The fourth-order valence-electron chi connectivity index (χ4n) is 1.64. The predicted octanol–water partition coefficient (Wildman–Crippen LogP) is 3.05.